The molecule has 0 spiro atoms. The molecular weight excluding hydrogens is 120 g/mol. The molecular formula is C6H11O3. The average molecular weight is 131 g/mol. The Bertz CT molecular complexity index is 88.3. The third kappa shape index (κ3) is 5.14. The molecule has 0 aromatic rings. The zero-order valence-corrected chi connectivity index (χ0v) is 5.72. The second-order valence-corrected chi connectivity index (χ2v) is 1.77. The lowest BCUT2D eigenvalue weighted by atomic mass is 10.5. The maximum atomic E-state index is 10.4. The Hall–Kier alpha value is -0.730. The fourth-order valence-electron chi connectivity index (χ4n) is 0.310. The molecule has 53 valence electrons. The van der Waals surface area contributed by atoms with Crippen molar-refractivity contribution in [2.75, 3.05) is 6.61 Å². The highest BCUT2D eigenvalue weighted by molar-refractivity contribution is 5.59. The van der Waals surface area contributed by atoms with E-state index >= 15 is 0 Å². The molecule has 0 saturated carbocycles. The molecule has 1 radical (unpaired) electrons. The molecule has 0 aliphatic heterocycles. The van der Waals surface area contributed by atoms with Gasteiger partial charge in [-0.25, -0.2) is 4.79 Å². The van der Waals surface area contributed by atoms with Crippen molar-refractivity contribution in [3.8, 4) is 0 Å². The molecule has 0 fully saturated rings. The lowest BCUT2D eigenvalue weighted by Crippen LogP contribution is -2.12. The minimum atomic E-state index is -0.653. The van der Waals surface area contributed by atoms with Gasteiger partial charge < -0.3 is 9.47 Å². The van der Waals surface area contributed by atoms with Gasteiger partial charge in [0.15, 0.2) is 0 Å². The number of carbonyl (C=O) groups excluding carboxylic acids is 1. The lowest BCUT2D eigenvalue weighted by molar-refractivity contribution is 0.0411. The number of hydrogen-bond donors (Lipinski definition) is 0. The van der Waals surface area contributed by atoms with Crippen LogP contribution in [-0.2, 0) is 9.47 Å². The molecule has 0 rings (SSSR count). The van der Waals surface area contributed by atoms with Gasteiger partial charge in [-0.15, -0.1) is 0 Å². The van der Waals surface area contributed by atoms with Gasteiger partial charge in [-0.1, -0.05) is 0 Å². The summed E-state index contributed by atoms with van der Waals surface area (Å²) in [5.74, 6) is 0. The zero-order chi connectivity index (χ0) is 7.28. The van der Waals surface area contributed by atoms with Crippen LogP contribution in [0.2, 0.25) is 0 Å². The Kier molecular flexibility index (Phi) is 3.84. The summed E-state index contributed by atoms with van der Waals surface area (Å²) in [5, 5.41) is 0. The van der Waals surface area contributed by atoms with Crippen LogP contribution in [0.3, 0.4) is 0 Å². The molecule has 0 aromatic carbocycles. The molecule has 0 aromatic heterocycles. The van der Waals surface area contributed by atoms with Crippen molar-refractivity contribution in [3.63, 3.8) is 0 Å². The summed E-state index contributed by atoms with van der Waals surface area (Å²) < 4.78 is 8.97. The smallest absolute Gasteiger partial charge is 0.434 e. The Morgan fingerprint density at radius 3 is 2.56 bits per heavy atom. The monoisotopic (exact) mass is 131 g/mol. The van der Waals surface area contributed by atoms with Gasteiger partial charge in [-0.3, -0.25) is 0 Å². The number of ether oxygens (including phenoxy) is 2. The minimum Gasteiger partial charge on any atom is -0.434 e. The molecule has 9 heavy (non-hydrogen) atoms. The van der Waals surface area contributed by atoms with E-state index in [9.17, 15) is 4.79 Å². The largest absolute Gasteiger partial charge is 0.508 e. The molecule has 3 nitrogen and oxygen atoms in total. The van der Waals surface area contributed by atoms with Gasteiger partial charge in [0.05, 0.1) is 12.7 Å². The summed E-state index contributed by atoms with van der Waals surface area (Å²) in [6, 6.07) is 0. The Labute approximate surface area is 55.0 Å². The van der Waals surface area contributed by atoms with Crippen molar-refractivity contribution in [2.45, 2.75) is 20.0 Å². The molecule has 0 aliphatic carbocycles. The first-order chi connectivity index (χ1) is 4.16. The van der Waals surface area contributed by atoms with E-state index in [0.29, 0.717) is 0 Å². The van der Waals surface area contributed by atoms with Gasteiger partial charge in [-0.2, -0.15) is 0 Å². The van der Waals surface area contributed by atoms with E-state index in [4.69, 9.17) is 0 Å². The van der Waals surface area contributed by atoms with Crippen molar-refractivity contribution in [3.05, 3.63) is 6.92 Å². The van der Waals surface area contributed by atoms with Gasteiger partial charge in [0.25, 0.3) is 0 Å². The van der Waals surface area contributed by atoms with Gasteiger partial charge >= 0.3 is 6.16 Å². The molecule has 0 aliphatic rings. The van der Waals surface area contributed by atoms with E-state index in [1.807, 2.05) is 0 Å². The highest BCUT2D eigenvalue weighted by Gasteiger charge is 2.02. The van der Waals surface area contributed by atoms with Crippen LogP contribution in [0.15, 0.2) is 0 Å². The highest BCUT2D eigenvalue weighted by atomic mass is 16.7. The second kappa shape index (κ2) is 4.18. The summed E-state index contributed by atoms with van der Waals surface area (Å²) in [5.41, 5.74) is 0. The fraction of sp³-hybridized carbons (Fsp3) is 0.667. The molecule has 0 unspecified atom stereocenters. The number of rotatable bonds is 2. The summed E-state index contributed by atoms with van der Waals surface area (Å²) >= 11 is 0. The van der Waals surface area contributed by atoms with Crippen LogP contribution in [0.25, 0.3) is 0 Å². The maximum absolute atomic E-state index is 10.4. The number of carbonyl (C=O) groups is 1. The predicted octanol–water partition coefficient (Wildman–Crippen LogP) is 1.38. The Morgan fingerprint density at radius 2 is 2.22 bits per heavy atom. The molecule has 0 heterocycles. The molecule has 0 atom stereocenters. The van der Waals surface area contributed by atoms with E-state index in [1.54, 1.807) is 13.8 Å². The Balaban J connectivity index is 3.27. The van der Waals surface area contributed by atoms with Crippen molar-refractivity contribution >= 4 is 6.16 Å². The summed E-state index contributed by atoms with van der Waals surface area (Å²) in [4.78, 5) is 10.4. The van der Waals surface area contributed by atoms with Crippen LogP contribution < -0.4 is 0 Å². The van der Waals surface area contributed by atoms with Crippen LogP contribution in [0.1, 0.15) is 13.8 Å². The summed E-state index contributed by atoms with van der Waals surface area (Å²) in [7, 11) is 0. The molecule has 3 heteroatoms. The van der Waals surface area contributed by atoms with Crippen LogP contribution in [0.4, 0.5) is 4.79 Å². The molecule has 0 bridgehead atoms. The second-order valence-electron chi connectivity index (χ2n) is 1.77. The van der Waals surface area contributed by atoms with Gasteiger partial charge in [0.2, 0.25) is 0 Å². The van der Waals surface area contributed by atoms with E-state index in [0.717, 1.165) is 0 Å². The quantitative estimate of drug-likeness (QED) is 0.531. The Morgan fingerprint density at radius 1 is 1.67 bits per heavy atom. The first-order valence-corrected chi connectivity index (χ1v) is 2.79. The van der Waals surface area contributed by atoms with Gasteiger partial charge in [0, 0.05) is 0 Å². The molecule has 0 N–H and O–H groups in total. The van der Waals surface area contributed by atoms with Crippen LogP contribution in [0, 0.1) is 6.92 Å². The van der Waals surface area contributed by atoms with Crippen molar-refractivity contribution < 1.29 is 14.3 Å². The van der Waals surface area contributed by atoms with Crippen molar-refractivity contribution in [2.24, 2.45) is 0 Å². The van der Waals surface area contributed by atoms with Crippen LogP contribution in [0.5, 0.6) is 0 Å². The highest BCUT2D eigenvalue weighted by Crippen LogP contribution is 1.90. The topological polar surface area (TPSA) is 35.5 Å². The predicted molar refractivity (Wildman–Crippen MR) is 32.9 cm³/mol. The van der Waals surface area contributed by atoms with Crippen LogP contribution in [-0.4, -0.2) is 18.9 Å². The van der Waals surface area contributed by atoms with Crippen LogP contribution >= 0.6 is 0 Å². The third-order valence-corrected chi connectivity index (χ3v) is 0.552. The first kappa shape index (κ1) is 8.27. The standard InChI is InChI=1S/C6H11O3/c1-4-8-6(7)9-5(2)3/h5H,1,4H2,2-3H3. The fourth-order valence-corrected chi connectivity index (χ4v) is 0.310. The minimum absolute atomic E-state index is 0.117. The third-order valence-electron chi connectivity index (χ3n) is 0.552. The molecule has 0 saturated heterocycles. The van der Waals surface area contributed by atoms with E-state index < -0.39 is 6.16 Å². The molecule has 0 amide bonds. The van der Waals surface area contributed by atoms with E-state index in [2.05, 4.69) is 16.4 Å². The van der Waals surface area contributed by atoms with Gasteiger partial charge in [-0.05, 0) is 20.8 Å². The van der Waals surface area contributed by atoms with Gasteiger partial charge in [0.1, 0.15) is 0 Å². The van der Waals surface area contributed by atoms with Crippen molar-refractivity contribution in [1.29, 1.82) is 0 Å². The zero-order valence-electron chi connectivity index (χ0n) is 5.72. The summed E-state index contributed by atoms with van der Waals surface area (Å²) in [6.45, 7) is 6.94. The first-order valence-electron chi connectivity index (χ1n) is 2.79. The maximum Gasteiger partial charge on any atom is 0.508 e. The lowest BCUT2D eigenvalue weighted by Gasteiger charge is -2.05. The van der Waals surface area contributed by atoms with E-state index in [1.165, 1.54) is 0 Å². The SMILES string of the molecule is [CH2]COC(=O)OC(C)C. The number of hydrogen-bond acceptors (Lipinski definition) is 3. The normalized spacial score (nSPS) is 9.33. The van der Waals surface area contributed by atoms with E-state index in [-0.39, 0.29) is 12.7 Å². The average Bonchev–Trinajstić information content (AvgIpc) is 1.63. The summed E-state index contributed by atoms with van der Waals surface area (Å²) in [6.07, 6.45) is -0.774. The van der Waals surface area contributed by atoms with Crippen molar-refractivity contribution in [1.82, 2.24) is 0 Å².